The molecule has 0 atom stereocenters. The molecule has 2 aromatic rings. The first-order valence-corrected chi connectivity index (χ1v) is 14.0. The average Bonchev–Trinajstić information content (AvgIpc) is 2.95. The molecule has 3 heterocycles. The number of ether oxygens (including phenoxy) is 1. The van der Waals surface area contributed by atoms with Crippen LogP contribution in [0, 0.1) is 5.92 Å². The van der Waals surface area contributed by atoms with Gasteiger partial charge in [-0.2, -0.15) is 13.2 Å². The standard InChI is InChI=1S/C31H37F3N4O2/c1-35-12-8-24(9-13-35)22-36-14-10-26(11-15-36)30(39)38-18-16-37(17-19-38)23-25-4-2-6-28(20-25)40-29-7-3-5-27(21-29)31(32,33)34/h2-9,12,20-21,26H,10-11,13-19,22-23H2,1H3. The summed E-state index contributed by atoms with van der Waals surface area (Å²) in [6.45, 7) is 7.51. The molecule has 2 aromatic carbocycles. The van der Waals surface area contributed by atoms with Crippen molar-refractivity contribution in [1.29, 1.82) is 0 Å². The van der Waals surface area contributed by atoms with Crippen molar-refractivity contribution >= 4 is 5.91 Å². The van der Waals surface area contributed by atoms with Gasteiger partial charge in [0.2, 0.25) is 5.91 Å². The van der Waals surface area contributed by atoms with E-state index < -0.39 is 11.7 Å². The molecule has 0 saturated carbocycles. The van der Waals surface area contributed by atoms with Crippen LogP contribution >= 0.6 is 0 Å². The highest BCUT2D eigenvalue weighted by Gasteiger charge is 2.31. The molecule has 5 rings (SSSR count). The molecule has 40 heavy (non-hydrogen) atoms. The van der Waals surface area contributed by atoms with Gasteiger partial charge in [-0.15, -0.1) is 0 Å². The zero-order valence-corrected chi connectivity index (χ0v) is 22.9. The van der Waals surface area contributed by atoms with Gasteiger partial charge in [-0.3, -0.25) is 14.6 Å². The molecule has 0 spiro atoms. The SMILES string of the molecule is CN1C=CC(CN2CCC(C(=O)N3CCN(Cc4cccc(Oc5cccc(C(F)(F)F)c5)c4)CC3)CC2)=CC1. The molecule has 0 aromatic heterocycles. The number of piperidine rings is 1. The van der Waals surface area contributed by atoms with Crippen LogP contribution in [0.15, 0.2) is 72.5 Å². The van der Waals surface area contributed by atoms with E-state index in [1.807, 2.05) is 23.1 Å². The van der Waals surface area contributed by atoms with Crippen molar-refractivity contribution in [2.45, 2.75) is 25.6 Å². The number of piperazine rings is 1. The summed E-state index contributed by atoms with van der Waals surface area (Å²) in [5.74, 6) is 1.05. The van der Waals surface area contributed by atoms with Crippen molar-refractivity contribution in [1.82, 2.24) is 19.6 Å². The molecule has 0 N–H and O–H groups in total. The Morgan fingerprint density at radius 1 is 0.900 bits per heavy atom. The zero-order chi connectivity index (χ0) is 28.1. The van der Waals surface area contributed by atoms with Crippen molar-refractivity contribution in [2.75, 3.05) is 59.4 Å². The number of rotatable bonds is 7. The van der Waals surface area contributed by atoms with Gasteiger partial charge in [0.05, 0.1) is 5.56 Å². The highest BCUT2D eigenvalue weighted by molar-refractivity contribution is 5.79. The molecule has 2 saturated heterocycles. The first-order chi connectivity index (χ1) is 19.2. The molecule has 3 aliphatic rings. The molecule has 9 heteroatoms. The Labute approximate surface area is 234 Å². The Morgan fingerprint density at radius 3 is 2.25 bits per heavy atom. The summed E-state index contributed by atoms with van der Waals surface area (Å²) in [4.78, 5) is 22.2. The van der Waals surface area contributed by atoms with Gasteiger partial charge >= 0.3 is 6.18 Å². The van der Waals surface area contributed by atoms with Gasteiger partial charge < -0.3 is 14.5 Å². The smallest absolute Gasteiger partial charge is 0.416 e. The van der Waals surface area contributed by atoms with Crippen LogP contribution in [0.25, 0.3) is 0 Å². The van der Waals surface area contributed by atoms with E-state index in [-0.39, 0.29) is 17.6 Å². The van der Waals surface area contributed by atoms with Gasteiger partial charge in [0, 0.05) is 58.8 Å². The second-order valence-corrected chi connectivity index (χ2v) is 11.0. The normalized spacial score (nSPS) is 19.6. The Hall–Kier alpha value is -3.30. The summed E-state index contributed by atoms with van der Waals surface area (Å²) in [6, 6.07) is 12.4. The molecule has 0 radical (unpaired) electrons. The van der Waals surface area contributed by atoms with E-state index in [1.54, 1.807) is 6.07 Å². The van der Waals surface area contributed by atoms with Crippen LogP contribution < -0.4 is 4.74 Å². The lowest BCUT2D eigenvalue weighted by Gasteiger charge is -2.38. The first kappa shape index (κ1) is 28.2. The molecule has 0 aliphatic carbocycles. The fourth-order valence-electron chi connectivity index (χ4n) is 5.55. The lowest BCUT2D eigenvalue weighted by Crippen LogP contribution is -2.51. The van der Waals surface area contributed by atoms with E-state index >= 15 is 0 Å². The summed E-state index contributed by atoms with van der Waals surface area (Å²) >= 11 is 0. The minimum absolute atomic E-state index is 0.106. The summed E-state index contributed by atoms with van der Waals surface area (Å²) in [5.41, 5.74) is 1.64. The van der Waals surface area contributed by atoms with E-state index in [9.17, 15) is 18.0 Å². The number of halogens is 3. The number of carbonyl (C=O) groups excluding carboxylic acids is 1. The first-order valence-electron chi connectivity index (χ1n) is 14.0. The number of likely N-dealkylation sites (N-methyl/N-ethyl adjacent to an activating group) is 1. The number of nitrogens with zero attached hydrogens (tertiary/aromatic N) is 4. The Morgan fingerprint density at radius 2 is 1.57 bits per heavy atom. The van der Waals surface area contributed by atoms with Crippen LogP contribution in [-0.4, -0.2) is 84.9 Å². The number of alkyl halides is 3. The van der Waals surface area contributed by atoms with Crippen molar-refractivity contribution in [3.8, 4) is 11.5 Å². The third-order valence-electron chi connectivity index (χ3n) is 7.91. The van der Waals surface area contributed by atoms with Crippen LogP contribution in [0.1, 0.15) is 24.0 Å². The lowest BCUT2D eigenvalue weighted by atomic mass is 9.94. The molecule has 2 fully saturated rings. The largest absolute Gasteiger partial charge is 0.457 e. The minimum atomic E-state index is -4.41. The minimum Gasteiger partial charge on any atom is -0.457 e. The van der Waals surface area contributed by atoms with E-state index in [4.69, 9.17) is 4.74 Å². The van der Waals surface area contributed by atoms with Crippen molar-refractivity contribution in [3.05, 3.63) is 83.6 Å². The van der Waals surface area contributed by atoms with Gasteiger partial charge in [-0.1, -0.05) is 24.3 Å². The Kier molecular flexibility index (Phi) is 8.81. The number of amides is 1. The predicted octanol–water partition coefficient (Wildman–Crippen LogP) is 5.24. The summed E-state index contributed by atoms with van der Waals surface area (Å²) in [7, 11) is 2.07. The third-order valence-corrected chi connectivity index (χ3v) is 7.91. The molecule has 214 valence electrons. The molecule has 1 amide bonds. The topological polar surface area (TPSA) is 39.3 Å². The summed E-state index contributed by atoms with van der Waals surface area (Å²) in [6.07, 6.45) is 3.99. The predicted molar refractivity (Wildman–Crippen MR) is 149 cm³/mol. The Bertz CT molecular complexity index is 1230. The van der Waals surface area contributed by atoms with Crippen molar-refractivity contribution in [3.63, 3.8) is 0 Å². The van der Waals surface area contributed by atoms with Crippen LogP contribution in [0.2, 0.25) is 0 Å². The summed E-state index contributed by atoms with van der Waals surface area (Å²) in [5, 5.41) is 0. The van der Waals surface area contributed by atoms with Gasteiger partial charge in [-0.05, 0) is 79.7 Å². The number of hydrogen-bond acceptors (Lipinski definition) is 5. The van der Waals surface area contributed by atoms with E-state index in [0.29, 0.717) is 25.4 Å². The maximum atomic E-state index is 13.2. The second kappa shape index (κ2) is 12.5. The monoisotopic (exact) mass is 554 g/mol. The molecule has 0 unspecified atom stereocenters. The van der Waals surface area contributed by atoms with Crippen LogP contribution in [0.3, 0.4) is 0 Å². The van der Waals surface area contributed by atoms with Gasteiger partial charge in [0.15, 0.2) is 0 Å². The molecular weight excluding hydrogens is 517 g/mol. The van der Waals surface area contributed by atoms with Crippen LogP contribution in [0.5, 0.6) is 11.5 Å². The molecular formula is C31H37F3N4O2. The quantitative estimate of drug-likeness (QED) is 0.468. The number of hydrogen-bond donors (Lipinski definition) is 0. The summed E-state index contributed by atoms with van der Waals surface area (Å²) < 4.78 is 44.8. The van der Waals surface area contributed by atoms with E-state index in [2.05, 4.69) is 40.1 Å². The highest BCUT2D eigenvalue weighted by atomic mass is 19.4. The van der Waals surface area contributed by atoms with E-state index in [1.165, 1.54) is 17.7 Å². The third kappa shape index (κ3) is 7.46. The van der Waals surface area contributed by atoms with Gasteiger partial charge in [0.1, 0.15) is 11.5 Å². The number of carbonyl (C=O) groups is 1. The highest BCUT2D eigenvalue weighted by Crippen LogP contribution is 2.33. The van der Waals surface area contributed by atoms with Crippen molar-refractivity contribution < 1.29 is 22.7 Å². The van der Waals surface area contributed by atoms with Crippen molar-refractivity contribution in [2.24, 2.45) is 5.92 Å². The van der Waals surface area contributed by atoms with E-state index in [0.717, 1.165) is 69.8 Å². The molecule has 6 nitrogen and oxygen atoms in total. The van der Waals surface area contributed by atoms with Crippen LogP contribution in [0.4, 0.5) is 13.2 Å². The van der Waals surface area contributed by atoms with Gasteiger partial charge in [-0.25, -0.2) is 0 Å². The maximum Gasteiger partial charge on any atom is 0.416 e. The second-order valence-electron chi connectivity index (χ2n) is 11.0. The fourth-order valence-corrected chi connectivity index (χ4v) is 5.55. The number of benzene rings is 2. The average molecular weight is 555 g/mol. The zero-order valence-electron chi connectivity index (χ0n) is 22.9. The Balaban J connectivity index is 1.07. The number of likely N-dealkylation sites (tertiary alicyclic amines) is 1. The maximum absolute atomic E-state index is 13.2. The lowest BCUT2D eigenvalue weighted by molar-refractivity contribution is -0.139. The molecule has 3 aliphatic heterocycles. The van der Waals surface area contributed by atoms with Gasteiger partial charge in [0.25, 0.3) is 0 Å². The fraction of sp³-hybridized carbons (Fsp3) is 0.452. The molecule has 0 bridgehead atoms. The van der Waals surface area contributed by atoms with Crippen LogP contribution in [-0.2, 0) is 17.5 Å².